The van der Waals surface area contributed by atoms with Gasteiger partial charge in [0.25, 0.3) is 0 Å². The van der Waals surface area contributed by atoms with E-state index in [4.69, 9.17) is 0 Å². The normalized spacial score (nSPS) is 9.91. The second-order valence-corrected chi connectivity index (χ2v) is 2.52. The first-order valence-corrected chi connectivity index (χ1v) is 3.60. The lowest BCUT2D eigenvalue weighted by Gasteiger charge is -2.04. The van der Waals surface area contributed by atoms with E-state index in [0.717, 1.165) is 18.7 Å². The van der Waals surface area contributed by atoms with E-state index < -0.39 is 0 Å². The van der Waals surface area contributed by atoms with Crippen molar-refractivity contribution in [3.63, 3.8) is 0 Å². The molecule has 1 aromatic rings. The Labute approximate surface area is 66.8 Å². The third-order valence-electron chi connectivity index (χ3n) is 1.39. The zero-order valence-corrected chi connectivity index (χ0v) is 6.75. The van der Waals surface area contributed by atoms with Crippen LogP contribution in [0.3, 0.4) is 0 Å². The van der Waals surface area contributed by atoms with Crippen molar-refractivity contribution >= 4 is 0 Å². The molecule has 1 aromatic heterocycles. The van der Waals surface area contributed by atoms with E-state index in [1.165, 1.54) is 0 Å². The van der Waals surface area contributed by atoms with Crippen LogP contribution in [0.4, 0.5) is 0 Å². The van der Waals surface area contributed by atoms with Gasteiger partial charge in [0.15, 0.2) is 0 Å². The summed E-state index contributed by atoms with van der Waals surface area (Å²) in [5, 5.41) is 3.05. The predicted molar refractivity (Wildman–Crippen MR) is 45.3 cm³/mol. The van der Waals surface area contributed by atoms with E-state index in [2.05, 4.69) is 16.9 Å². The summed E-state index contributed by atoms with van der Waals surface area (Å²) in [7, 11) is 1.92. The van der Waals surface area contributed by atoms with Gasteiger partial charge in [-0.1, -0.05) is 6.58 Å². The first kappa shape index (κ1) is 8.01. The first-order valence-electron chi connectivity index (χ1n) is 3.60. The lowest BCUT2D eigenvalue weighted by atomic mass is 10.3. The van der Waals surface area contributed by atoms with E-state index in [-0.39, 0.29) is 0 Å². The molecule has 0 aliphatic rings. The topological polar surface area (TPSA) is 29.9 Å². The molecule has 0 aromatic carbocycles. The molecular formula is C8H13N3. The Balaban J connectivity index is 2.37. The smallest absolute Gasteiger partial charge is 0.0948 e. The molecule has 11 heavy (non-hydrogen) atoms. The highest BCUT2D eigenvalue weighted by Gasteiger charge is 1.92. The summed E-state index contributed by atoms with van der Waals surface area (Å²) >= 11 is 0. The molecule has 1 heterocycles. The number of hydrogen-bond donors (Lipinski definition) is 1. The molecule has 0 radical (unpaired) electrons. The van der Waals surface area contributed by atoms with Gasteiger partial charge in [-0.2, -0.15) is 0 Å². The van der Waals surface area contributed by atoms with Gasteiger partial charge in [-0.05, 0) is 12.6 Å². The first-order chi connectivity index (χ1) is 5.33. The van der Waals surface area contributed by atoms with Crippen molar-refractivity contribution < 1.29 is 0 Å². The molecule has 0 bridgehead atoms. The zero-order chi connectivity index (χ0) is 8.10. The second-order valence-electron chi connectivity index (χ2n) is 2.52. The quantitative estimate of drug-likeness (QED) is 0.641. The fourth-order valence-corrected chi connectivity index (χ4v) is 0.944. The van der Waals surface area contributed by atoms with Crippen LogP contribution in [0.25, 0.3) is 0 Å². The van der Waals surface area contributed by atoms with Crippen LogP contribution in [0, 0.1) is 0 Å². The van der Waals surface area contributed by atoms with Crippen molar-refractivity contribution in [1.82, 2.24) is 14.9 Å². The molecule has 0 fully saturated rings. The van der Waals surface area contributed by atoms with Gasteiger partial charge in [0.05, 0.1) is 6.33 Å². The van der Waals surface area contributed by atoms with Gasteiger partial charge in [-0.15, -0.1) is 0 Å². The van der Waals surface area contributed by atoms with Crippen molar-refractivity contribution in [3.05, 3.63) is 30.9 Å². The SMILES string of the molecule is C=C(CNC)Cn1ccnc1. The lowest BCUT2D eigenvalue weighted by Crippen LogP contribution is -2.13. The predicted octanol–water partition coefficient (Wildman–Crippen LogP) is 0.659. The molecule has 0 spiro atoms. The molecule has 0 aliphatic carbocycles. The lowest BCUT2D eigenvalue weighted by molar-refractivity contribution is 0.735. The molecule has 3 nitrogen and oxygen atoms in total. The number of hydrogen-bond acceptors (Lipinski definition) is 2. The Bertz CT molecular complexity index is 213. The number of aromatic nitrogens is 2. The maximum Gasteiger partial charge on any atom is 0.0948 e. The zero-order valence-electron chi connectivity index (χ0n) is 6.75. The molecule has 0 amide bonds. The van der Waals surface area contributed by atoms with Crippen LogP contribution in [0.5, 0.6) is 0 Å². The molecule has 1 N–H and O–H groups in total. The summed E-state index contributed by atoms with van der Waals surface area (Å²) in [6, 6.07) is 0. The van der Waals surface area contributed by atoms with Gasteiger partial charge in [-0.3, -0.25) is 0 Å². The van der Waals surface area contributed by atoms with Gasteiger partial charge in [0, 0.05) is 25.5 Å². The molecule has 0 aliphatic heterocycles. The number of nitrogens with zero attached hydrogens (tertiary/aromatic N) is 2. The van der Waals surface area contributed by atoms with Crippen molar-refractivity contribution in [2.24, 2.45) is 0 Å². The average Bonchev–Trinajstić information content (AvgIpc) is 2.40. The third-order valence-corrected chi connectivity index (χ3v) is 1.39. The largest absolute Gasteiger partial charge is 0.333 e. The maximum absolute atomic E-state index is 3.94. The molecule has 1 rings (SSSR count). The number of rotatable bonds is 4. The van der Waals surface area contributed by atoms with E-state index in [1.54, 1.807) is 12.5 Å². The molecular weight excluding hydrogens is 138 g/mol. The summed E-state index contributed by atoms with van der Waals surface area (Å²) in [6.45, 7) is 5.62. The minimum atomic E-state index is 0.848. The van der Waals surface area contributed by atoms with Crippen LogP contribution in [0.15, 0.2) is 30.9 Å². The average molecular weight is 151 g/mol. The van der Waals surface area contributed by atoms with Gasteiger partial charge >= 0.3 is 0 Å². The Morgan fingerprint density at radius 1 is 1.73 bits per heavy atom. The van der Waals surface area contributed by atoms with Crippen LogP contribution >= 0.6 is 0 Å². The molecule has 3 heteroatoms. The monoisotopic (exact) mass is 151 g/mol. The summed E-state index contributed by atoms with van der Waals surface area (Å²) in [4.78, 5) is 3.94. The van der Waals surface area contributed by atoms with Crippen molar-refractivity contribution in [2.75, 3.05) is 13.6 Å². The summed E-state index contributed by atoms with van der Waals surface area (Å²) in [5.41, 5.74) is 1.16. The minimum absolute atomic E-state index is 0.848. The van der Waals surface area contributed by atoms with Crippen LogP contribution in [0.1, 0.15) is 0 Å². The number of likely N-dealkylation sites (N-methyl/N-ethyl adjacent to an activating group) is 1. The van der Waals surface area contributed by atoms with E-state index in [0.29, 0.717) is 0 Å². The highest BCUT2D eigenvalue weighted by Crippen LogP contribution is 1.94. The van der Waals surface area contributed by atoms with E-state index in [9.17, 15) is 0 Å². The van der Waals surface area contributed by atoms with Crippen molar-refractivity contribution in [2.45, 2.75) is 6.54 Å². The molecule has 0 unspecified atom stereocenters. The Hall–Kier alpha value is -1.09. The minimum Gasteiger partial charge on any atom is -0.333 e. The Morgan fingerprint density at radius 3 is 3.09 bits per heavy atom. The summed E-state index contributed by atoms with van der Waals surface area (Å²) in [6.07, 6.45) is 5.49. The fourth-order valence-electron chi connectivity index (χ4n) is 0.944. The fraction of sp³-hybridized carbons (Fsp3) is 0.375. The van der Waals surface area contributed by atoms with Crippen molar-refractivity contribution in [1.29, 1.82) is 0 Å². The second kappa shape index (κ2) is 3.93. The van der Waals surface area contributed by atoms with Crippen LogP contribution in [0.2, 0.25) is 0 Å². The van der Waals surface area contributed by atoms with Crippen molar-refractivity contribution in [3.8, 4) is 0 Å². The van der Waals surface area contributed by atoms with E-state index >= 15 is 0 Å². The van der Waals surface area contributed by atoms with Crippen LogP contribution in [-0.2, 0) is 6.54 Å². The highest BCUT2D eigenvalue weighted by molar-refractivity contribution is 4.97. The Morgan fingerprint density at radius 2 is 2.55 bits per heavy atom. The van der Waals surface area contributed by atoms with Crippen LogP contribution in [-0.4, -0.2) is 23.1 Å². The number of nitrogens with one attached hydrogen (secondary N) is 1. The summed E-state index contributed by atoms with van der Waals surface area (Å²) < 4.78 is 2.00. The Kier molecular flexibility index (Phi) is 2.86. The number of imidazole rings is 1. The standard InChI is InChI=1S/C8H13N3/c1-8(5-9-2)6-11-4-3-10-7-11/h3-4,7,9H,1,5-6H2,2H3. The molecule has 0 atom stereocenters. The molecule has 0 saturated heterocycles. The van der Waals surface area contributed by atoms with E-state index in [1.807, 2.05) is 17.8 Å². The van der Waals surface area contributed by atoms with Gasteiger partial charge in [0.2, 0.25) is 0 Å². The third kappa shape index (κ3) is 2.55. The van der Waals surface area contributed by atoms with Gasteiger partial charge < -0.3 is 9.88 Å². The summed E-state index contributed by atoms with van der Waals surface area (Å²) in [5.74, 6) is 0. The molecule has 0 saturated carbocycles. The van der Waals surface area contributed by atoms with Crippen LogP contribution < -0.4 is 5.32 Å². The maximum atomic E-state index is 3.94. The van der Waals surface area contributed by atoms with Gasteiger partial charge in [0.1, 0.15) is 0 Å². The van der Waals surface area contributed by atoms with Gasteiger partial charge in [-0.25, -0.2) is 4.98 Å². The highest BCUT2D eigenvalue weighted by atomic mass is 15.0. The molecule has 60 valence electrons.